The Hall–Kier alpha value is -2.08. The van der Waals surface area contributed by atoms with Crippen LogP contribution < -0.4 is 4.74 Å². The first kappa shape index (κ1) is 20.2. The lowest BCUT2D eigenvalue weighted by Gasteiger charge is -2.43. The van der Waals surface area contributed by atoms with E-state index >= 15 is 0 Å². The van der Waals surface area contributed by atoms with Crippen LogP contribution in [0.3, 0.4) is 0 Å². The first-order valence-electron chi connectivity index (χ1n) is 10.9. The van der Waals surface area contributed by atoms with E-state index in [9.17, 15) is 9.59 Å². The van der Waals surface area contributed by atoms with Crippen molar-refractivity contribution in [1.82, 2.24) is 14.7 Å². The number of hydrogen-bond donors (Lipinski definition) is 0. The van der Waals surface area contributed by atoms with Crippen molar-refractivity contribution in [1.29, 1.82) is 0 Å². The molecule has 3 aliphatic rings. The fraction of sp³-hybridized carbons (Fsp3) is 0.652. The highest BCUT2D eigenvalue weighted by Crippen LogP contribution is 2.39. The molecule has 0 unspecified atom stereocenters. The minimum atomic E-state index is -0.412. The molecule has 2 aliphatic heterocycles. The predicted molar refractivity (Wildman–Crippen MR) is 112 cm³/mol. The number of benzene rings is 1. The number of likely N-dealkylation sites (tertiary alicyclic amines) is 1. The molecule has 0 N–H and O–H groups in total. The Morgan fingerprint density at radius 2 is 1.97 bits per heavy atom. The molecular formula is C23H33N3O3. The molecule has 1 aromatic rings. The monoisotopic (exact) mass is 399 g/mol. The summed E-state index contributed by atoms with van der Waals surface area (Å²) < 4.78 is 6.63. The summed E-state index contributed by atoms with van der Waals surface area (Å²) in [4.78, 5) is 31.6. The minimum Gasteiger partial charge on any atom is -0.485 e. The van der Waals surface area contributed by atoms with E-state index in [1.165, 1.54) is 0 Å². The molecule has 2 fully saturated rings. The quantitative estimate of drug-likeness (QED) is 0.784. The lowest BCUT2D eigenvalue weighted by Crippen LogP contribution is -2.54. The van der Waals surface area contributed by atoms with E-state index in [1.54, 1.807) is 4.90 Å². The summed E-state index contributed by atoms with van der Waals surface area (Å²) in [5.74, 6) is 1.03. The molecule has 1 aliphatic carbocycles. The molecule has 1 aromatic carbocycles. The Morgan fingerprint density at radius 1 is 1.24 bits per heavy atom. The molecule has 1 spiro atoms. The van der Waals surface area contributed by atoms with Crippen molar-refractivity contribution in [3.63, 3.8) is 0 Å². The zero-order chi connectivity index (χ0) is 20.6. The molecule has 158 valence electrons. The lowest BCUT2D eigenvalue weighted by atomic mass is 9.81. The van der Waals surface area contributed by atoms with Gasteiger partial charge in [-0.15, -0.1) is 0 Å². The number of carbonyl (C=O) groups excluding carboxylic acids is 2. The van der Waals surface area contributed by atoms with Crippen LogP contribution in [0.15, 0.2) is 24.3 Å². The SMILES string of the molecule is C[C@H](C(=O)N1Cc2ccccc2OC2(CCC(N(C)C)CC2)C1)N1CCCC1=O. The average molecular weight is 400 g/mol. The summed E-state index contributed by atoms with van der Waals surface area (Å²) in [5, 5.41) is 0. The van der Waals surface area contributed by atoms with Crippen molar-refractivity contribution < 1.29 is 14.3 Å². The van der Waals surface area contributed by atoms with E-state index < -0.39 is 6.04 Å². The van der Waals surface area contributed by atoms with E-state index in [4.69, 9.17) is 4.74 Å². The molecule has 1 saturated carbocycles. The topological polar surface area (TPSA) is 53.1 Å². The molecular weight excluding hydrogens is 366 g/mol. The maximum Gasteiger partial charge on any atom is 0.245 e. The standard InChI is InChI=1S/C23H33N3O3/c1-17(26-14-6-9-21(26)27)22(28)25-15-18-7-4-5-8-20(18)29-23(16-25)12-10-19(11-13-23)24(2)3/h4-5,7-8,17,19H,6,9-16H2,1-3H3/t17-,19?,23?/m1/s1. The van der Waals surface area contributed by atoms with Crippen molar-refractivity contribution in [2.24, 2.45) is 0 Å². The van der Waals surface area contributed by atoms with Crippen molar-refractivity contribution in [3.05, 3.63) is 29.8 Å². The predicted octanol–water partition coefficient (Wildman–Crippen LogP) is 2.66. The molecule has 1 saturated heterocycles. The van der Waals surface area contributed by atoms with Crippen LogP contribution in [0.2, 0.25) is 0 Å². The minimum absolute atomic E-state index is 0.0367. The van der Waals surface area contributed by atoms with Gasteiger partial charge in [0.2, 0.25) is 11.8 Å². The molecule has 29 heavy (non-hydrogen) atoms. The third kappa shape index (κ3) is 4.00. The highest BCUT2D eigenvalue weighted by atomic mass is 16.5. The lowest BCUT2D eigenvalue weighted by molar-refractivity contribution is -0.145. The van der Waals surface area contributed by atoms with Gasteiger partial charge in [-0.05, 0) is 59.2 Å². The van der Waals surface area contributed by atoms with Gasteiger partial charge in [0.15, 0.2) is 0 Å². The average Bonchev–Trinajstić information content (AvgIpc) is 3.06. The largest absolute Gasteiger partial charge is 0.485 e. The summed E-state index contributed by atoms with van der Waals surface area (Å²) in [6, 6.07) is 8.22. The van der Waals surface area contributed by atoms with Gasteiger partial charge in [-0.3, -0.25) is 9.59 Å². The van der Waals surface area contributed by atoms with E-state index in [0.717, 1.165) is 43.4 Å². The second kappa shape index (κ2) is 7.98. The number of carbonyl (C=O) groups is 2. The number of amides is 2. The Morgan fingerprint density at radius 3 is 2.62 bits per heavy atom. The van der Waals surface area contributed by atoms with Gasteiger partial charge in [0, 0.05) is 31.1 Å². The molecule has 0 radical (unpaired) electrons. The number of ether oxygens (including phenoxy) is 1. The Balaban J connectivity index is 1.59. The van der Waals surface area contributed by atoms with Crippen LogP contribution in [0.25, 0.3) is 0 Å². The van der Waals surface area contributed by atoms with Crippen LogP contribution >= 0.6 is 0 Å². The van der Waals surface area contributed by atoms with Crippen LogP contribution in [0.4, 0.5) is 0 Å². The van der Waals surface area contributed by atoms with Crippen molar-refractivity contribution >= 4 is 11.8 Å². The number of hydrogen-bond acceptors (Lipinski definition) is 4. The van der Waals surface area contributed by atoms with Crippen LogP contribution in [0.5, 0.6) is 5.75 Å². The molecule has 1 atom stereocenters. The molecule has 4 rings (SSSR count). The molecule has 0 aromatic heterocycles. The summed E-state index contributed by atoms with van der Waals surface area (Å²) in [6.07, 6.45) is 5.41. The van der Waals surface area contributed by atoms with Crippen LogP contribution in [-0.2, 0) is 16.1 Å². The Labute approximate surface area is 173 Å². The van der Waals surface area contributed by atoms with Crippen LogP contribution in [0.1, 0.15) is 51.0 Å². The van der Waals surface area contributed by atoms with Gasteiger partial charge in [-0.25, -0.2) is 0 Å². The van der Waals surface area contributed by atoms with E-state index in [-0.39, 0.29) is 17.4 Å². The van der Waals surface area contributed by atoms with Gasteiger partial charge in [0.05, 0.1) is 6.54 Å². The Kier molecular flexibility index (Phi) is 5.56. The second-order valence-electron chi connectivity index (χ2n) is 9.15. The summed E-state index contributed by atoms with van der Waals surface area (Å²) in [6.45, 7) is 3.69. The van der Waals surface area contributed by atoms with E-state index in [2.05, 4.69) is 19.0 Å². The van der Waals surface area contributed by atoms with Gasteiger partial charge in [-0.2, -0.15) is 0 Å². The zero-order valence-corrected chi connectivity index (χ0v) is 17.9. The second-order valence-corrected chi connectivity index (χ2v) is 9.15. The summed E-state index contributed by atoms with van der Waals surface area (Å²) >= 11 is 0. The molecule has 2 amide bonds. The fourth-order valence-corrected chi connectivity index (χ4v) is 5.15. The van der Waals surface area contributed by atoms with E-state index in [1.807, 2.05) is 36.1 Å². The van der Waals surface area contributed by atoms with Crippen molar-refractivity contribution in [2.75, 3.05) is 27.2 Å². The number of rotatable bonds is 3. The highest BCUT2D eigenvalue weighted by molar-refractivity contribution is 5.88. The normalized spacial score (nSPS) is 28.3. The number of para-hydroxylation sites is 1. The summed E-state index contributed by atoms with van der Waals surface area (Å²) in [5.41, 5.74) is 0.705. The fourth-order valence-electron chi connectivity index (χ4n) is 5.15. The van der Waals surface area contributed by atoms with Crippen LogP contribution in [-0.4, -0.2) is 71.4 Å². The molecule has 6 heteroatoms. The molecule has 2 heterocycles. The van der Waals surface area contributed by atoms with Gasteiger partial charge < -0.3 is 19.4 Å². The third-order valence-corrected chi connectivity index (χ3v) is 6.98. The van der Waals surface area contributed by atoms with E-state index in [0.29, 0.717) is 32.1 Å². The summed E-state index contributed by atoms with van der Waals surface area (Å²) in [7, 11) is 4.27. The first-order valence-corrected chi connectivity index (χ1v) is 10.9. The molecule has 0 bridgehead atoms. The maximum absolute atomic E-state index is 13.5. The highest BCUT2D eigenvalue weighted by Gasteiger charge is 2.44. The van der Waals surface area contributed by atoms with Gasteiger partial charge in [0.1, 0.15) is 17.4 Å². The third-order valence-electron chi connectivity index (χ3n) is 6.98. The maximum atomic E-state index is 13.5. The molecule has 6 nitrogen and oxygen atoms in total. The smallest absolute Gasteiger partial charge is 0.245 e. The number of nitrogens with zero attached hydrogens (tertiary/aromatic N) is 3. The Bertz CT molecular complexity index is 770. The number of fused-ring (bicyclic) bond motifs is 1. The van der Waals surface area contributed by atoms with Gasteiger partial charge in [-0.1, -0.05) is 18.2 Å². The van der Waals surface area contributed by atoms with Gasteiger partial charge >= 0.3 is 0 Å². The van der Waals surface area contributed by atoms with Crippen LogP contribution in [0, 0.1) is 0 Å². The van der Waals surface area contributed by atoms with Gasteiger partial charge in [0.25, 0.3) is 0 Å². The van der Waals surface area contributed by atoms with Crippen molar-refractivity contribution in [3.8, 4) is 5.75 Å². The van der Waals surface area contributed by atoms with Crippen molar-refractivity contribution in [2.45, 2.75) is 69.7 Å². The zero-order valence-electron chi connectivity index (χ0n) is 17.9. The first-order chi connectivity index (χ1) is 13.9.